The van der Waals surface area contributed by atoms with Crippen LogP contribution in [0.4, 0.5) is 0 Å². The second kappa shape index (κ2) is 4.84. The fourth-order valence-electron chi connectivity index (χ4n) is 0.318. The smallest absolute Gasteiger partial charge is 0.0499 e. The van der Waals surface area contributed by atoms with Crippen LogP contribution in [-0.2, 0) is 0 Å². The van der Waals surface area contributed by atoms with Gasteiger partial charge in [0.1, 0.15) is 0 Å². The Labute approximate surface area is 55.1 Å². The summed E-state index contributed by atoms with van der Waals surface area (Å²) in [5, 5.41) is 0. The molecule has 0 aromatic heterocycles. The summed E-state index contributed by atoms with van der Waals surface area (Å²) in [7, 11) is 0. The average Bonchev–Trinajstić information content (AvgIpc) is 1.85. The van der Waals surface area contributed by atoms with E-state index >= 15 is 0 Å². The largest absolute Gasteiger partial charge is 0.397 e. The predicted octanol–water partition coefficient (Wildman–Crippen LogP) is 1.23. The van der Waals surface area contributed by atoms with Gasteiger partial charge in [0.05, 0.1) is 0 Å². The van der Waals surface area contributed by atoms with Gasteiger partial charge in [0.2, 0.25) is 0 Å². The highest BCUT2D eigenvalue weighted by molar-refractivity contribution is 5.77. The second-order valence-electron chi connectivity index (χ2n) is 1.36. The third-order valence-electron chi connectivity index (χ3n) is 0.639. The lowest BCUT2D eigenvalue weighted by Crippen LogP contribution is -1.96. The normalized spacial score (nSPS) is 11.8. The maximum absolute atomic E-state index is 5.36. The number of hydrogen-bond donors (Lipinski definition) is 1. The molecule has 0 radical (unpaired) electrons. The Morgan fingerprint density at radius 2 is 2.11 bits per heavy atom. The van der Waals surface area contributed by atoms with Crippen molar-refractivity contribution in [2.75, 3.05) is 0 Å². The molecule has 0 aliphatic heterocycles. The van der Waals surface area contributed by atoms with Crippen LogP contribution >= 0.6 is 0 Å². The van der Waals surface area contributed by atoms with Gasteiger partial charge in [0, 0.05) is 18.1 Å². The molecule has 0 aliphatic rings. The quantitative estimate of drug-likeness (QED) is 0.443. The molecule has 0 amide bonds. The van der Waals surface area contributed by atoms with Gasteiger partial charge in [0.25, 0.3) is 0 Å². The number of hydrogen-bond acceptors (Lipinski definition) is 2. The third kappa shape index (κ3) is 4.55. The van der Waals surface area contributed by atoms with Gasteiger partial charge >= 0.3 is 0 Å². The summed E-state index contributed by atoms with van der Waals surface area (Å²) < 4.78 is 0. The van der Waals surface area contributed by atoms with Crippen LogP contribution in [0.25, 0.3) is 0 Å². The molecule has 0 bridgehead atoms. The highest BCUT2D eigenvalue weighted by Gasteiger charge is 1.74. The molecule has 0 atom stereocenters. The van der Waals surface area contributed by atoms with Crippen LogP contribution in [0.5, 0.6) is 0 Å². The summed E-state index contributed by atoms with van der Waals surface area (Å²) in [5.41, 5.74) is 5.94. The lowest BCUT2D eigenvalue weighted by Gasteiger charge is -1.83. The van der Waals surface area contributed by atoms with Crippen molar-refractivity contribution in [2.24, 2.45) is 10.7 Å². The predicted molar refractivity (Wildman–Crippen MR) is 41.2 cm³/mol. The third-order valence-corrected chi connectivity index (χ3v) is 0.639. The summed E-state index contributed by atoms with van der Waals surface area (Å²) >= 11 is 0. The van der Waals surface area contributed by atoms with Crippen LogP contribution in [0.3, 0.4) is 0 Å². The Hall–Kier alpha value is -1.31. The number of aliphatic imine (C=N–C) groups is 1. The molecule has 0 saturated heterocycles. The van der Waals surface area contributed by atoms with Gasteiger partial charge in [0.15, 0.2) is 0 Å². The lowest BCUT2D eigenvalue weighted by molar-refractivity contribution is 1.47. The van der Waals surface area contributed by atoms with E-state index in [4.69, 9.17) is 5.73 Å². The van der Waals surface area contributed by atoms with Crippen molar-refractivity contribution in [1.29, 1.82) is 0 Å². The minimum absolute atomic E-state index is 0.574. The molecule has 0 unspecified atom stereocenters. The van der Waals surface area contributed by atoms with E-state index < -0.39 is 0 Å². The monoisotopic (exact) mass is 122 g/mol. The molecule has 2 nitrogen and oxygen atoms in total. The molecular formula is C7H10N2. The van der Waals surface area contributed by atoms with Crippen LogP contribution in [0.2, 0.25) is 0 Å². The molecule has 48 valence electrons. The highest BCUT2D eigenvalue weighted by atomic mass is 14.7. The van der Waals surface area contributed by atoms with Gasteiger partial charge in [-0.1, -0.05) is 19.2 Å². The second-order valence-corrected chi connectivity index (χ2v) is 1.36. The van der Waals surface area contributed by atoms with Gasteiger partial charge in [-0.2, -0.15) is 0 Å². The molecule has 0 saturated carbocycles. The molecule has 2 N–H and O–H groups in total. The van der Waals surface area contributed by atoms with Crippen LogP contribution in [0, 0.1) is 0 Å². The minimum Gasteiger partial charge on any atom is -0.397 e. The Balaban J connectivity index is 3.88. The zero-order chi connectivity index (χ0) is 7.11. The van der Waals surface area contributed by atoms with E-state index in [1.807, 2.05) is 0 Å². The number of allylic oxidation sites excluding steroid dienone is 3. The van der Waals surface area contributed by atoms with Crippen LogP contribution in [0.1, 0.15) is 0 Å². The van der Waals surface area contributed by atoms with E-state index in [-0.39, 0.29) is 0 Å². The fraction of sp³-hybridized carbons (Fsp3) is 0. The summed E-state index contributed by atoms with van der Waals surface area (Å²) in [6.07, 6.45) is 6.19. The summed E-state index contributed by atoms with van der Waals surface area (Å²) in [4.78, 5) is 3.69. The first-order chi connectivity index (χ1) is 4.31. The van der Waals surface area contributed by atoms with E-state index in [0.717, 1.165) is 0 Å². The van der Waals surface area contributed by atoms with Crippen molar-refractivity contribution < 1.29 is 0 Å². The van der Waals surface area contributed by atoms with Crippen molar-refractivity contribution in [3.63, 3.8) is 0 Å². The van der Waals surface area contributed by atoms with Crippen molar-refractivity contribution in [2.45, 2.75) is 0 Å². The van der Waals surface area contributed by atoms with E-state index in [1.54, 1.807) is 12.2 Å². The molecule has 0 aromatic rings. The molecular weight excluding hydrogens is 112 g/mol. The average molecular weight is 122 g/mol. The standard InChI is InChI=1S/C7H10N2/c1-3-5-7(8)6-9-4-2/h3-6H,1-2,8H2/b7-5+,9-6?. The SMILES string of the molecule is C=C/C=C(/N)C=NC=C. The molecule has 9 heavy (non-hydrogen) atoms. The summed E-state index contributed by atoms with van der Waals surface area (Å²) in [5.74, 6) is 0. The van der Waals surface area contributed by atoms with Gasteiger partial charge < -0.3 is 5.73 Å². The van der Waals surface area contributed by atoms with E-state index in [1.165, 1.54) is 12.4 Å². The van der Waals surface area contributed by atoms with E-state index in [9.17, 15) is 0 Å². The van der Waals surface area contributed by atoms with Crippen LogP contribution < -0.4 is 5.73 Å². The first kappa shape index (κ1) is 7.69. The van der Waals surface area contributed by atoms with Crippen molar-refractivity contribution in [3.8, 4) is 0 Å². The molecule has 2 heteroatoms. The van der Waals surface area contributed by atoms with Crippen molar-refractivity contribution in [3.05, 3.63) is 37.2 Å². The number of nitrogens with zero attached hydrogens (tertiary/aromatic N) is 1. The first-order valence-corrected chi connectivity index (χ1v) is 2.53. The first-order valence-electron chi connectivity index (χ1n) is 2.53. The van der Waals surface area contributed by atoms with E-state index in [0.29, 0.717) is 5.70 Å². The number of rotatable bonds is 3. The van der Waals surface area contributed by atoms with E-state index in [2.05, 4.69) is 18.2 Å². The zero-order valence-corrected chi connectivity index (χ0v) is 5.25. The molecule has 0 heterocycles. The minimum atomic E-state index is 0.574. The Morgan fingerprint density at radius 1 is 1.44 bits per heavy atom. The Bertz CT molecular complexity index is 154. The fourth-order valence-corrected chi connectivity index (χ4v) is 0.318. The summed E-state index contributed by atoms with van der Waals surface area (Å²) in [6, 6.07) is 0. The van der Waals surface area contributed by atoms with Gasteiger partial charge in [-0.25, -0.2) is 0 Å². The van der Waals surface area contributed by atoms with Gasteiger partial charge in [-0.3, -0.25) is 4.99 Å². The summed E-state index contributed by atoms with van der Waals surface area (Å²) in [6.45, 7) is 6.85. The number of nitrogens with two attached hydrogens (primary N) is 1. The van der Waals surface area contributed by atoms with Crippen LogP contribution in [0.15, 0.2) is 42.2 Å². The molecule has 0 aromatic carbocycles. The molecule has 0 fully saturated rings. The van der Waals surface area contributed by atoms with Crippen molar-refractivity contribution >= 4 is 6.21 Å². The Kier molecular flexibility index (Phi) is 4.14. The van der Waals surface area contributed by atoms with Crippen molar-refractivity contribution in [1.82, 2.24) is 0 Å². The lowest BCUT2D eigenvalue weighted by atomic mass is 10.4. The zero-order valence-electron chi connectivity index (χ0n) is 5.25. The van der Waals surface area contributed by atoms with Gasteiger partial charge in [-0.05, 0) is 6.08 Å². The topological polar surface area (TPSA) is 38.4 Å². The highest BCUT2D eigenvalue weighted by Crippen LogP contribution is 1.78. The Morgan fingerprint density at radius 3 is 2.56 bits per heavy atom. The molecule has 0 aliphatic carbocycles. The molecule has 0 spiro atoms. The van der Waals surface area contributed by atoms with Gasteiger partial charge in [-0.15, -0.1) is 0 Å². The maximum Gasteiger partial charge on any atom is 0.0499 e. The van der Waals surface area contributed by atoms with Crippen LogP contribution in [-0.4, -0.2) is 6.21 Å². The molecule has 0 rings (SSSR count). The maximum atomic E-state index is 5.36.